The molecule has 0 unspecified atom stereocenters. The highest BCUT2D eigenvalue weighted by Crippen LogP contribution is 2.23. The van der Waals surface area contributed by atoms with E-state index in [1.165, 1.54) is 0 Å². The maximum Gasteiger partial charge on any atom is 0.227 e. The molecule has 0 spiro atoms. The van der Waals surface area contributed by atoms with Crippen molar-refractivity contribution in [1.82, 2.24) is 5.32 Å². The van der Waals surface area contributed by atoms with Crippen LogP contribution in [-0.4, -0.2) is 19.1 Å². The Kier molecular flexibility index (Phi) is 7.10. The highest BCUT2D eigenvalue weighted by Gasteiger charge is 2.05. The van der Waals surface area contributed by atoms with Crippen LogP contribution in [0.4, 0.5) is 5.69 Å². The van der Waals surface area contributed by atoms with E-state index in [-0.39, 0.29) is 5.91 Å². The normalized spacial score (nSPS) is 10.3. The van der Waals surface area contributed by atoms with Gasteiger partial charge in [0.25, 0.3) is 0 Å². The van der Waals surface area contributed by atoms with Crippen LogP contribution >= 0.6 is 15.9 Å². The quantitative estimate of drug-likeness (QED) is 0.732. The number of hydrogen-bond donors (Lipinski definition) is 2. The van der Waals surface area contributed by atoms with Crippen molar-refractivity contribution in [2.24, 2.45) is 0 Å². The smallest absolute Gasteiger partial charge is 0.227 e. The van der Waals surface area contributed by atoms with Crippen molar-refractivity contribution in [1.29, 1.82) is 0 Å². The number of ether oxygens (including phenoxy) is 1. The maximum atomic E-state index is 12.0. The zero-order valence-electron chi connectivity index (χ0n) is 13.1. The van der Waals surface area contributed by atoms with Crippen LogP contribution in [0, 0.1) is 0 Å². The van der Waals surface area contributed by atoms with E-state index in [2.05, 4.69) is 33.5 Å². The molecule has 0 fully saturated rings. The fourth-order valence-electron chi connectivity index (χ4n) is 2.07. The van der Waals surface area contributed by atoms with Crippen molar-refractivity contribution < 1.29 is 9.53 Å². The number of carbonyl (C=O) groups is 1. The Hall–Kier alpha value is -1.85. The Morgan fingerprint density at radius 1 is 1.17 bits per heavy atom. The average molecular weight is 377 g/mol. The zero-order chi connectivity index (χ0) is 16.5. The number of para-hydroxylation sites is 1. The van der Waals surface area contributed by atoms with Gasteiger partial charge in [-0.15, -0.1) is 0 Å². The van der Waals surface area contributed by atoms with E-state index in [0.29, 0.717) is 13.0 Å². The Morgan fingerprint density at radius 3 is 2.78 bits per heavy atom. The molecule has 0 aromatic heterocycles. The van der Waals surface area contributed by atoms with Crippen LogP contribution in [0.15, 0.2) is 53.0 Å². The number of hydrogen-bond acceptors (Lipinski definition) is 3. The van der Waals surface area contributed by atoms with Gasteiger partial charge in [-0.25, -0.2) is 0 Å². The number of benzene rings is 2. The fraction of sp³-hybridized carbons (Fsp3) is 0.278. The first kappa shape index (κ1) is 17.5. The minimum Gasteiger partial charge on any atom is -0.492 e. The lowest BCUT2D eigenvalue weighted by Gasteiger charge is -2.09. The molecule has 122 valence electrons. The molecule has 1 amide bonds. The molecule has 0 saturated heterocycles. The third kappa shape index (κ3) is 6.04. The third-order valence-electron chi connectivity index (χ3n) is 3.21. The van der Waals surface area contributed by atoms with E-state index in [1.807, 2.05) is 48.5 Å². The molecule has 0 aliphatic carbocycles. The number of halogens is 1. The van der Waals surface area contributed by atoms with Crippen LogP contribution in [-0.2, 0) is 11.3 Å². The second kappa shape index (κ2) is 9.33. The van der Waals surface area contributed by atoms with Crippen LogP contribution in [0.2, 0.25) is 0 Å². The van der Waals surface area contributed by atoms with Gasteiger partial charge < -0.3 is 15.4 Å². The molecule has 5 heteroatoms. The molecule has 2 aromatic carbocycles. The first-order valence-electron chi connectivity index (χ1n) is 7.66. The van der Waals surface area contributed by atoms with Crippen molar-refractivity contribution in [3.8, 4) is 5.75 Å². The third-order valence-corrected chi connectivity index (χ3v) is 3.87. The molecule has 0 atom stereocenters. The van der Waals surface area contributed by atoms with Crippen molar-refractivity contribution in [3.63, 3.8) is 0 Å². The number of nitrogens with one attached hydrogen (secondary N) is 2. The Balaban J connectivity index is 1.79. The second-order valence-electron chi connectivity index (χ2n) is 5.06. The largest absolute Gasteiger partial charge is 0.492 e. The summed E-state index contributed by atoms with van der Waals surface area (Å²) in [6.07, 6.45) is 0.304. The van der Waals surface area contributed by atoms with Crippen molar-refractivity contribution in [3.05, 3.63) is 58.6 Å². The van der Waals surface area contributed by atoms with Crippen LogP contribution in [0.3, 0.4) is 0 Å². The van der Waals surface area contributed by atoms with Crippen LogP contribution < -0.4 is 15.4 Å². The predicted molar refractivity (Wildman–Crippen MR) is 96.7 cm³/mol. The lowest BCUT2D eigenvalue weighted by atomic mass is 10.2. The molecule has 0 bridgehead atoms. The van der Waals surface area contributed by atoms with Gasteiger partial charge in [-0.1, -0.05) is 31.2 Å². The molecule has 0 aliphatic heterocycles. The van der Waals surface area contributed by atoms with Crippen molar-refractivity contribution in [2.45, 2.75) is 19.9 Å². The van der Waals surface area contributed by atoms with Gasteiger partial charge >= 0.3 is 0 Å². The van der Waals surface area contributed by atoms with E-state index in [0.717, 1.165) is 34.6 Å². The molecular formula is C18H21BrN2O2. The first-order chi connectivity index (χ1) is 11.2. The van der Waals surface area contributed by atoms with Crippen molar-refractivity contribution >= 4 is 27.5 Å². The van der Waals surface area contributed by atoms with E-state index < -0.39 is 0 Å². The summed E-state index contributed by atoms with van der Waals surface area (Å²) in [7, 11) is 0. The van der Waals surface area contributed by atoms with Gasteiger partial charge in [0.05, 0.1) is 17.5 Å². The number of carbonyl (C=O) groups excluding carboxylic acids is 1. The van der Waals surface area contributed by atoms with Gasteiger partial charge in [0, 0.05) is 12.2 Å². The van der Waals surface area contributed by atoms with Gasteiger partial charge in [-0.2, -0.15) is 0 Å². The standard InChI is InChI=1S/C18H21BrN2O2/c1-2-20-13-14-6-5-7-15(12-14)21-18(22)10-11-23-17-9-4-3-8-16(17)19/h3-9,12,20H,2,10-11,13H2,1H3,(H,21,22). The number of amides is 1. The lowest BCUT2D eigenvalue weighted by molar-refractivity contribution is -0.116. The maximum absolute atomic E-state index is 12.0. The average Bonchev–Trinajstić information content (AvgIpc) is 2.55. The zero-order valence-corrected chi connectivity index (χ0v) is 14.7. The van der Waals surface area contributed by atoms with Crippen LogP contribution in [0.25, 0.3) is 0 Å². The molecule has 0 heterocycles. The van der Waals surface area contributed by atoms with Gasteiger partial charge in [0.15, 0.2) is 0 Å². The molecule has 4 nitrogen and oxygen atoms in total. The molecule has 23 heavy (non-hydrogen) atoms. The van der Waals surface area contributed by atoms with Gasteiger partial charge in [-0.05, 0) is 52.3 Å². The van der Waals surface area contributed by atoms with E-state index in [4.69, 9.17) is 4.74 Å². The van der Waals surface area contributed by atoms with Gasteiger partial charge in [0.2, 0.25) is 5.91 Å². The first-order valence-corrected chi connectivity index (χ1v) is 8.45. The highest BCUT2D eigenvalue weighted by atomic mass is 79.9. The van der Waals surface area contributed by atoms with E-state index >= 15 is 0 Å². The van der Waals surface area contributed by atoms with Crippen LogP contribution in [0.1, 0.15) is 18.9 Å². The summed E-state index contributed by atoms with van der Waals surface area (Å²) in [5.74, 6) is 0.686. The van der Waals surface area contributed by atoms with Gasteiger partial charge in [0.1, 0.15) is 5.75 Å². The van der Waals surface area contributed by atoms with E-state index in [1.54, 1.807) is 0 Å². The molecular weight excluding hydrogens is 356 g/mol. The second-order valence-corrected chi connectivity index (χ2v) is 5.91. The Bertz CT molecular complexity index is 646. The summed E-state index contributed by atoms with van der Waals surface area (Å²) >= 11 is 3.41. The Morgan fingerprint density at radius 2 is 2.00 bits per heavy atom. The minimum atomic E-state index is -0.0577. The van der Waals surface area contributed by atoms with Gasteiger partial charge in [-0.3, -0.25) is 4.79 Å². The molecule has 2 N–H and O–H groups in total. The molecule has 0 saturated carbocycles. The topological polar surface area (TPSA) is 50.4 Å². The lowest BCUT2D eigenvalue weighted by Crippen LogP contribution is -2.16. The van der Waals surface area contributed by atoms with Crippen LogP contribution in [0.5, 0.6) is 5.75 Å². The summed E-state index contributed by atoms with van der Waals surface area (Å²) in [6, 6.07) is 15.4. The molecule has 0 radical (unpaired) electrons. The SMILES string of the molecule is CCNCc1cccc(NC(=O)CCOc2ccccc2Br)c1. The minimum absolute atomic E-state index is 0.0577. The van der Waals surface area contributed by atoms with E-state index in [9.17, 15) is 4.79 Å². The highest BCUT2D eigenvalue weighted by molar-refractivity contribution is 9.10. The Labute approximate surface area is 145 Å². The number of rotatable bonds is 8. The summed E-state index contributed by atoms with van der Waals surface area (Å²) in [6.45, 7) is 4.12. The number of anilines is 1. The molecule has 2 aromatic rings. The fourth-order valence-corrected chi connectivity index (χ4v) is 2.47. The monoisotopic (exact) mass is 376 g/mol. The summed E-state index contributed by atoms with van der Waals surface area (Å²) in [5, 5.41) is 6.17. The summed E-state index contributed by atoms with van der Waals surface area (Å²) in [4.78, 5) is 12.0. The summed E-state index contributed by atoms with van der Waals surface area (Å²) in [5.41, 5.74) is 1.96. The summed E-state index contributed by atoms with van der Waals surface area (Å²) < 4.78 is 6.49. The predicted octanol–water partition coefficient (Wildman–Crippen LogP) is 3.97. The molecule has 0 aliphatic rings. The van der Waals surface area contributed by atoms with Crippen molar-refractivity contribution in [2.75, 3.05) is 18.5 Å². The molecule has 2 rings (SSSR count).